The van der Waals surface area contributed by atoms with Crippen molar-refractivity contribution in [2.45, 2.75) is 45.2 Å². The van der Waals surface area contributed by atoms with Crippen LogP contribution in [0.1, 0.15) is 42.1 Å². The fraction of sp³-hybridized carbons (Fsp3) is 0.588. The fourth-order valence-corrected chi connectivity index (χ4v) is 3.89. The summed E-state index contributed by atoms with van der Waals surface area (Å²) in [5, 5.41) is 0. The molecule has 114 valence electrons. The molecule has 0 aliphatic carbocycles. The highest BCUT2D eigenvalue weighted by molar-refractivity contribution is 5.93. The summed E-state index contributed by atoms with van der Waals surface area (Å²) in [6.45, 7) is 7.86. The highest BCUT2D eigenvalue weighted by Crippen LogP contribution is 2.30. The van der Waals surface area contributed by atoms with E-state index in [2.05, 4.69) is 23.6 Å². The van der Waals surface area contributed by atoms with Crippen molar-refractivity contribution < 1.29 is 4.79 Å². The van der Waals surface area contributed by atoms with Crippen LogP contribution in [0, 0.1) is 6.92 Å². The van der Waals surface area contributed by atoms with Gasteiger partial charge >= 0.3 is 0 Å². The number of anilines is 1. The first-order valence-corrected chi connectivity index (χ1v) is 7.97. The maximum absolute atomic E-state index is 11.2. The zero-order valence-electron chi connectivity index (χ0n) is 13.0. The zero-order valence-corrected chi connectivity index (χ0v) is 13.0. The first-order chi connectivity index (χ1) is 10.1. The second-order valence-electron chi connectivity index (χ2n) is 6.48. The Balaban J connectivity index is 1.72. The third kappa shape index (κ3) is 2.77. The lowest BCUT2D eigenvalue weighted by atomic mass is 10.1. The van der Waals surface area contributed by atoms with E-state index in [4.69, 9.17) is 5.73 Å². The fourth-order valence-electron chi connectivity index (χ4n) is 3.89. The monoisotopic (exact) mass is 287 g/mol. The SMILES string of the molecule is Cc1cc(C(N)=O)ccc1N1CCC(N2CCCC2C)C1. The molecule has 21 heavy (non-hydrogen) atoms. The maximum Gasteiger partial charge on any atom is 0.248 e. The van der Waals surface area contributed by atoms with E-state index < -0.39 is 0 Å². The molecule has 0 spiro atoms. The summed E-state index contributed by atoms with van der Waals surface area (Å²) in [7, 11) is 0. The van der Waals surface area contributed by atoms with Crippen molar-refractivity contribution in [3.63, 3.8) is 0 Å². The zero-order chi connectivity index (χ0) is 15.0. The number of hydrogen-bond acceptors (Lipinski definition) is 3. The Hall–Kier alpha value is -1.55. The molecule has 0 aromatic heterocycles. The van der Waals surface area contributed by atoms with Gasteiger partial charge in [-0.25, -0.2) is 0 Å². The Labute approximate surface area is 126 Å². The van der Waals surface area contributed by atoms with Crippen molar-refractivity contribution in [1.82, 2.24) is 4.90 Å². The van der Waals surface area contributed by atoms with Gasteiger partial charge in [-0.1, -0.05) is 0 Å². The van der Waals surface area contributed by atoms with Crippen LogP contribution in [-0.4, -0.2) is 42.5 Å². The topological polar surface area (TPSA) is 49.6 Å². The van der Waals surface area contributed by atoms with Crippen molar-refractivity contribution in [3.8, 4) is 0 Å². The predicted octanol–water partition coefficient (Wildman–Crippen LogP) is 2.16. The molecule has 2 heterocycles. The van der Waals surface area contributed by atoms with Gasteiger partial charge in [-0.05, 0) is 63.4 Å². The minimum Gasteiger partial charge on any atom is -0.370 e. The van der Waals surface area contributed by atoms with Crippen LogP contribution in [0.5, 0.6) is 0 Å². The minimum absolute atomic E-state index is 0.352. The third-order valence-electron chi connectivity index (χ3n) is 5.06. The Bertz CT molecular complexity index is 543. The van der Waals surface area contributed by atoms with Gasteiger partial charge in [0, 0.05) is 36.4 Å². The van der Waals surface area contributed by atoms with Crippen LogP contribution < -0.4 is 10.6 Å². The number of rotatable bonds is 3. The summed E-state index contributed by atoms with van der Waals surface area (Å²) in [5.74, 6) is -0.352. The molecule has 2 unspecified atom stereocenters. The number of nitrogens with zero attached hydrogens (tertiary/aromatic N) is 2. The van der Waals surface area contributed by atoms with Gasteiger partial charge in [-0.3, -0.25) is 9.69 Å². The summed E-state index contributed by atoms with van der Waals surface area (Å²) in [4.78, 5) is 16.4. The second kappa shape index (κ2) is 5.68. The molecule has 0 bridgehead atoms. The van der Waals surface area contributed by atoms with Crippen molar-refractivity contribution in [1.29, 1.82) is 0 Å². The van der Waals surface area contributed by atoms with Crippen LogP contribution in [0.3, 0.4) is 0 Å². The lowest BCUT2D eigenvalue weighted by molar-refractivity contribution is 0.1000. The van der Waals surface area contributed by atoms with Crippen LogP contribution in [0.15, 0.2) is 18.2 Å². The Kier molecular flexibility index (Phi) is 3.89. The number of likely N-dealkylation sites (tertiary alicyclic amines) is 1. The normalized spacial score (nSPS) is 26.5. The van der Waals surface area contributed by atoms with Gasteiger partial charge < -0.3 is 10.6 Å². The standard InChI is InChI=1S/C17H25N3O/c1-12-10-14(17(18)21)5-6-16(12)19-9-7-15(11-19)20-8-3-4-13(20)2/h5-6,10,13,15H,3-4,7-9,11H2,1-2H3,(H2,18,21). The van der Waals surface area contributed by atoms with E-state index >= 15 is 0 Å². The smallest absolute Gasteiger partial charge is 0.248 e. The molecule has 1 amide bonds. The highest BCUT2D eigenvalue weighted by Gasteiger charge is 2.33. The number of nitrogens with two attached hydrogens (primary N) is 1. The quantitative estimate of drug-likeness (QED) is 0.927. The average Bonchev–Trinajstić information content (AvgIpc) is 3.07. The van der Waals surface area contributed by atoms with Gasteiger partial charge in [0.25, 0.3) is 0 Å². The third-order valence-corrected chi connectivity index (χ3v) is 5.06. The molecule has 1 aromatic rings. The van der Waals surface area contributed by atoms with Gasteiger partial charge in [-0.15, -0.1) is 0 Å². The Morgan fingerprint density at radius 1 is 1.29 bits per heavy atom. The summed E-state index contributed by atoms with van der Waals surface area (Å²) >= 11 is 0. The van der Waals surface area contributed by atoms with Gasteiger partial charge in [0.2, 0.25) is 5.91 Å². The molecule has 4 heteroatoms. The molecule has 0 radical (unpaired) electrons. The van der Waals surface area contributed by atoms with Crippen LogP contribution in [0.4, 0.5) is 5.69 Å². The molecular weight excluding hydrogens is 262 g/mol. The van der Waals surface area contributed by atoms with Crippen molar-refractivity contribution >= 4 is 11.6 Å². The van der Waals surface area contributed by atoms with Crippen molar-refractivity contribution in [2.24, 2.45) is 5.73 Å². The van der Waals surface area contributed by atoms with Gasteiger partial charge in [0.05, 0.1) is 0 Å². The lowest BCUT2D eigenvalue weighted by Gasteiger charge is -2.29. The van der Waals surface area contributed by atoms with Crippen LogP contribution >= 0.6 is 0 Å². The van der Waals surface area contributed by atoms with E-state index in [0.29, 0.717) is 11.6 Å². The number of aryl methyl sites for hydroxylation is 1. The van der Waals surface area contributed by atoms with Crippen LogP contribution in [0.25, 0.3) is 0 Å². The van der Waals surface area contributed by atoms with E-state index in [1.165, 1.54) is 31.5 Å². The molecular formula is C17H25N3O. The summed E-state index contributed by atoms with van der Waals surface area (Å²) in [6, 6.07) is 7.21. The highest BCUT2D eigenvalue weighted by atomic mass is 16.1. The van der Waals surface area contributed by atoms with Crippen LogP contribution in [0.2, 0.25) is 0 Å². The summed E-state index contributed by atoms with van der Waals surface area (Å²) in [5.41, 5.74) is 8.33. The van der Waals surface area contributed by atoms with E-state index in [1.807, 2.05) is 18.2 Å². The van der Waals surface area contributed by atoms with E-state index in [-0.39, 0.29) is 5.91 Å². The van der Waals surface area contributed by atoms with Crippen LogP contribution in [-0.2, 0) is 0 Å². The van der Waals surface area contributed by atoms with Gasteiger partial charge in [0.1, 0.15) is 0 Å². The second-order valence-corrected chi connectivity index (χ2v) is 6.48. The first-order valence-electron chi connectivity index (χ1n) is 7.97. The van der Waals surface area contributed by atoms with Gasteiger partial charge in [0.15, 0.2) is 0 Å². The number of primary amides is 1. The Morgan fingerprint density at radius 3 is 2.71 bits per heavy atom. The lowest BCUT2D eigenvalue weighted by Crippen LogP contribution is -2.39. The number of hydrogen-bond donors (Lipinski definition) is 1. The number of benzene rings is 1. The summed E-state index contributed by atoms with van der Waals surface area (Å²) < 4.78 is 0. The molecule has 2 N–H and O–H groups in total. The Morgan fingerprint density at radius 2 is 2.10 bits per heavy atom. The minimum atomic E-state index is -0.352. The first kappa shape index (κ1) is 14.4. The largest absolute Gasteiger partial charge is 0.370 e. The molecule has 2 atom stereocenters. The van der Waals surface area contributed by atoms with Crippen molar-refractivity contribution in [3.05, 3.63) is 29.3 Å². The number of carbonyl (C=O) groups excluding carboxylic acids is 1. The molecule has 3 rings (SSSR count). The molecule has 0 saturated carbocycles. The molecule has 2 aliphatic rings. The molecule has 2 fully saturated rings. The number of carbonyl (C=O) groups is 1. The maximum atomic E-state index is 11.2. The molecule has 2 saturated heterocycles. The average molecular weight is 287 g/mol. The van der Waals surface area contributed by atoms with E-state index in [9.17, 15) is 4.79 Å². The molecule has 2 aliphatic heterocycles. The van der Waals surface area contributed by atoms with E-state index in [0.717, 1.165) is 24.7 Å². The van der Waals surface area contributed by atoms with E-state index in [1.54, 1.807) is 0 Å². The predicted molar refractivity (Wildman–Crippen MR) is 85.7 cm³/mol. The number of amides is 1. The molecule has 1 aromatic carbocycles. The van der Waals surface area contributed by atoms with Crippen molar-refractivity contribution in [2.75, 3.05) is 24.5 Å². The van der Waals surface area contributed by atoms with Gasteiger partial charge in [-0.2, -0.15) is 0 Å². The summed E-state index contributed by atoms with van der Waals surface area (Å²) in [6.07, 6.45) is 3.91. The molecule has 4 nitrogen and oxygen atoms in total.